The molecular formula is C27H22F4O4. The molecule has 1 aliphatic carbocycles. The number of fused-ring (bicyclic) bond motifs is 2. The number of ether oxygens (including phenoxy) is 2. The highest BCUT2D eigenvalue weighted by atomic mass is 19.4. The molecule has 1 aliphatic heterocycles. The zero-order chi connectivity index (χ0) is 24.7. The van der Waals surface area contributed by atoms with Crippen molar-refractivity contribution in [2.75, 3.05) is 6.61 Å². The Morgan fingerprint density at radius 3 is 2.51 bits per heavy atom. The van der Waals surface area contributed by atoms with Crippen LogP contribution < -0.4 is 9.47 Å². The van der Waals surface area contributed by atoms with Gasteiger partial charge in [-0.05, 0) is 65.8 Å². The third kappa shape index (κ3) is 4.70. The van der Waals surface area contributed by atoms with E-state index in [9.17, 15) is 22.4 Å². The van der Waals surface area contributed by atoms with Gasteiger partial charge in [-0.1, -0.05) is 24.3 Å². The van der Waals surface area contributed by atoms with Crippen LogP contribution in [0, 0.1) is 5.82 Å². The minimum Gasteiger partial charge on any atom is -0.492 e. The summed E-state index contributed by atoms with van der Waals surface area (Å²) in [6.07, 6.45) is -3.96. The number of rotatable bonds is 6. The van der Waals surface area contributed by atoms with Gasteiger partial charge < -0.3 is 14.6 Å². The number of aliphatic carboxylic acids is 1. The van der Waals surface area contributed by atoms with Crippen LogP contribution in [0.15, 0.2) is 54.6 Å². The molecule has 0 aromatic heterocycles. The van der Waals surface area contributed by atoms with E-state index in [0.717, 1.165) is 11.6 Å². The van der Waals surface area contributed by atoms with E-state index >= 15 is 0 Å². The van der Waals surface area contributed by atoms with Crippen LogP contribution in [0.3, 0.4) is 0 Å². The summed E-state index contributed by atoms with van der Waals surface area (Å²) in [5.41, 5.74) is 2.25. The molecule has 3 aromatic carbocycles. The molecule has 0 spiro atoms. The lowest BCUT2D eigenvalue weighted by atomic mass is 9.92. The molecule has 35 heavy (non-hydrogen) atoms. The number of halogens is 4. The van der Waals surface area contributed by atoms with Gasteiger partial charge >= 0.3 is 12.1 Å². The summed E-state index contributed by atoms with van der Waals surface area (Å²) in [5.74, 6) is -0.485. The fourth-order valence-corrected chi connectivity index (χ4v) is 5.01. The van der Waals surface area contributed by atoms with Gasteiger partial charge in [0.2, 0.25) is 0 Å². The van der Waals surface area contributed by atoms with Crippen molar-refractivity contribution < 1.29 is 36.9 Å². The standard InChI is InChI=1S/C27H22F4O4/c28-17-3-1-15(2-4-17)11-22-20-8-10-24(21(20)7-9-23(22)27(29,30)31)35-18-5-6-19-16(12-26(32)33)14-34-25(19)13-18/h1-7,9,13,16,24H,8,10-12,14H2,(H,32,33). The molecule has 0 bridgehead atoms. The second-order valence-corrected chi connectivity index (χ2v) is 8.91. The van der Waals surface area contributed by atoms with Gasteiger partial charge in [0.15, 0.2) is 0 Å². The second kappa shape index (κ2) is 8.91. The Kier molecular flexibility index (Phi) is 5.91. The van der Waals surface area contributed by atoms with Crippen LogP contribution in [0.5, 0.6) is 11.5 Å². The Morgan fingerprint density at radius 2 is 1.80 bits per heavy atom. The molecule has 0 fully saturated rings. The lowest BCUT2D eigenvalue weighted by molar-refractivity contribution is -0.138. The average Bonchev–Trinajstić information content (AvgIpc) is 3.38. The van der Waals surface area contributed by atoms with E-state index < -0.39 is 29.6 Å². The van der Waals surface area contributed by atoms with Crippen molar-refractivity contribution in [2.45, 2.75) is 43.9 Å². The summed E-state index contributed by atoms with van der Waals surface area (Å²) in [4.78, 5) is 11.1. The molecular weight excluding hydrogens is 464 g/mol. The first-order valence-corrected chi connectivity index (χ1v) is 11.3. The number of benzene rings is 3. The Balaban J connectivity index is 1.42. The highest BCUT2D eigenvalue weighted by Crippen LogP contribution is 2.44. The Hall–Kier alpha value is -3.55. The second-order valence-electron chi connectivity index (χ2n) is 8.91. The number of hydrogen-bond donors (Lipinski definition) is 1. The first kappa shape index (κ1) is 23.2. The normalized spacial score (nSPS) is 18.6. The van der Waals surface area contributed by atoms with Crippen molar-refractivity contribution in [3.63, 3.8) is 0 Å². The third-order valence-electron chi connectivity index (χ3n) is 6.63. The number of alkyl halides is 3. The van der Waals surface area contributed by atoms with E-state index in [1.807, 2.05) is 0 Å². The molecule has 2 aliphatic rings. The van der Waals surface area contributed by atoms with Crippen molar-refractivity contribution in [3.8, 4) is 11.5 Å². The van der Waals surface area contributed by atoms with Crippen LogP contribution in [-0.2, 0) is 23.8 Å². The summed E-state index contributed by atoms with van der Waals surface area (Å²) >= 11 is 0. The summed E-state index contributed by atoms with van der Waals surface area (Å²) in [6.45, 7) is 0.282. The summed E-state index contributed by atoms with van der Waals surface area (Å²) in [6, 6.07) is 13.3. The molecule has 182 valence electrons. The minimum atomic E-state index is -4.51. The first-order chi connectivity index (χ1) is 16.7. The summed E-state index contributed by atoms with van der Waals surface area (Å²) < 4.78 is 66.6. The predicted octanol–water partition coefficient (Wildman–Crippen LogP) is 6.45. The first-order valence-electron chi connectivity index (χ1n) is 11.3. The topological polar surface area (TPSA) is 55.8 Å². The maximum absolute atomic E-state index is 13.8. The number of carboxylic acid groups (broad SMARTS) is 1. The molecule has 2 atom stereocenters. The lowest BCUT2D eigenvalue weighted by Gasteiger charge is -2.20. The van der Waals surface area contributed by atoms with Crippen molar-refractivity contribution in [3.05, 3.63) is 93.8 Å². The van der Waals surface area contributed by atoms with Crippen LogP contribution >= 0.6 is 0 Å². The van der Waals surface area contributed by atoms with Gasteiger partial charge in [-0.3, -0.25) is 4.79 Å². The van der Waals surface area contributed by atoms with E-state index in [2.05, 4.69) is 0 Å². The molecule has 2 unspecified atom stereocenters. The molecule has 4 nitrogen and oxygen atoms in total. The van der Waals surface area contributed by atoms with Gasteiger partial charge in [-0.2, -0.15) is 13.2 Å². The van der Waals surface area contributed by atoms with Crippen molar-refractivity contribution in [1.82, 2.24) is 0 Å². The van der Waals surface area contributed by atoms with Gasteiger partial charge in [0.25, 0.3) is 0 Å². The van der Waals surface area contributed by atoms with Gasteiger partial charge in [0, 0.05) is 17.5 Å². The monoisotopic (exact) mass is 486 g/mol. The number of carbonyl (C=O) groups is 1. The Morgan fingerprint density at radius 1 is 1.06 bits per heavy atom. The van der Waals surface area contributed by atoms with E-state index in [4.69, 9.17) is 14.6 Å². The molecule has 0 radical (unpaired) electrons. The maximum atomic E-state index is 13.8. The lowest BCUT2D eigenvalue weighted by Crippen LogP contribution is -2.13. The third-order valence-corrected chi connectivity index (χ3v) is 6.63. The van der Waals surface area contributed by atoms with Crippen LogP contribution in [0.1, 0.15) is 58.2 Å². The van der Waals surface area contributed by atoms with Crippen LogP contribution in [-0.4, -0.2) is 17.7 Å². The minimum absolute atomic E-state index is 0.0262. The van der Waals surface area contributed by atoms with E-state index in [1.165, 1.54) is 30.3 Å². The van der Waals surface area contributed by atoms with Gasteiger partial charge in [-0.15, -0.1) is 0 Å². The predicted molar refractivity (Wildman–Crippen MR) is 119 cm³/mol. The molecule has 0 amide bonds. The Labute approximate surface area is 199 Å². The molecule has 1 heterocycles. The van der Waals surface area contributed by atoms with E-state index in [-0.39, 0.29) is 30.9 Å². The highest BCUT2D eigenvalue weighted by molar-refractivity contribution is 5.68. The SMILES string of the molecule is O=C(O)CC1COc2cc(OC3CCc4c3ccc(C(F)(F)F)c4Cc3ccc(F)cc3)ccc21. The van der Waals surface area contributed by atoms with Gasteiger partial charge in [-0.25, -0.2) is 4.39 Å². The summed E-state index contributed by atoms with van der Waals surface area (Å²) in [7, 11) is 0. The molecule has 3 aromatic rings. The Bertz CT molecular complexity index is 1270. The van der Waals surface area contributed by atoms with Crippen molar-refractivity contribution in [1.29, 1.82) is 0 Å². The number of hydrogen-bond acceptors (Lipinski definition) is 3. The molecule has 5 rings (SSSR count). The van der Waals surface area contributed by atoms with Gasteiger partial charge in [0.05, 0.1) is 18.6 Å². The number of carboxylic acids is 1. The fourth-order valence-electron chi connectivity index (χ4n) is 5.01. The average molecular weight is 486 g/mol. The quantitative estimate of drug-likeness (QED) is 0.407. The van der Waals surface area contributed by atoms with Crippen molar-refractivity contribution >= 4 is 5.97 Å². The highest BCUT2D eigenvalue weighted by Gasteiger charge is 2.37. The van der Waals surface area contributed by atoms with E-state index in [1.54, 1.807) is 18.2 Å². The zero-order valence-electron chi connectivity index (χ0n) is 18.6. The molecule has 1 N–H and O–H groups in total. The van der Waals surface area contributed by atoms with Crippen LogP contribution in [0.2, 0.25) is 0 Å². The smallest absolute Gasteiger partial charge is 0.416 e. The molecule has 8 heteroatoms. The largest absolute Gasteiger partial charge is 0.492 e. The maximum Gasteiger partial charge on any atom is 0.416 e. The van der Waals surface area contributed by atoms with Gasteiger partial charge in [0.1, 0.15) is 23.4 Å². The van der Waals surface area contributed by atoms with E-state index in [0.29, 0.717) is 41.0 Å². The van der Waals surface area contributed by atoms with Crippen LogP contribution in [0.4, 0.5) is 17.6 Å². The molecule has 0 saturated carbocycles. The fraction of sp³-hybridized carbons (Fsp3) is 0.296. The zero-order valence-corrected chi connectivity index (χ0v) is 18.6. The van der Waals surface area contributed by atoms with Crippen molar-refractivity contribution in [2.24, 2.45) is 0 Å². The van der Waals surface area contributed by atoms with Crippen LogP contribution in [0.25, 0.3) is 0 Å². The summed E-state index contributed by atoms with van der Waals surface area (Å²) in [5, 5.41) is 9.07. The molecule has 0 saturated heterocycles.